The molecule has 0 spiro atoms. The molecule has 1 aromatic carbocycles. The molecule has 1 atom stereocenters. The maximum absolute atomic E-state index is 13.8. The van der Waals surface area contributed by atoms with Gasteiger partial charge in [0, 0.05) is 26.2 Å². The zero-order valence-corrected chi connectivity index (χ0v) is 12.7. The lowest BCUT2D eigenvalue weighted by molar-refractivity contribution is -0.122. The van der Waals surface area contributed by atoms with Crippen molar-refractivity contribution in [3.63, 3.8) is 0 Å². The Bertz CT molecular complexity index is 553. The maximum Gasteiger partial charge on any atom is 0.325 e. The molecule has 0 radical (unpaired) electrons. The monoisotopic (exact) mass is 309 g/mol. The second-order valence-electron chi connectivity index (χ2n) is 5.23. The Morgan fingerprint density at radius 1 is 1.41 bits per heavy atom. The normalized spacial score (nSPS) is 16.0. The smallest absolute Gasteiger partial charge is 0.325 e. The van der Waals surface area contributed by atoms with E-state index in [2.05, 4.69) is 5.32 Å². The summed E-state index contributed by atoms with van der Waals surface area (Å²) in [6.45, 7) is 2.93. The molecule has 1 aliphatic heterocycles. The fraction of sp³-hybridized carbons (Fsp3) is 0.467. The van der Waals surface area contributed by atoms with Gasteiger partial charge in [-0.25, -0.2) is 9.18 Å². The van der Waals surface area contributed by atoms with Crippen LogP contribution < -0.4 is 10.2 Å². The molecule has 2 rings (SSSR count). The minimum Gasteiger partial charge on any atom is -0.383 e. The highest BCUT2D eigenvalue weighted by atomic mass is 19.1. The van der Waals surface area contributed by atoms with E-state index in [-0.39, 0.29) is 30.2 Å². The highest BCUT2D eigenvalue weighted by molar-refractivity contribution is 5.96. The maximum atomic E-state index is 13.8. The van der Waals surface area contributed by atoms with Gasteiger partial charge in [0.05, 0.1) is 12.3 Å². The van der Waals surface area contributed by atoms with Gasteiger partial charge in [0.15, 0.2) is 0 Å². The molecule has 0 aromatic heterocycles. The molecular weight excluding hydrogens is 289 g/mol. The number of carbonyl (C=O) groups excluding carboxylic acids is 2. The van der Waals surface area contributed by atoms with Crippen LogP contribution in [0.15, 0.2) is 24.3 Å². The van der Waals surface area contributed by atoms with E-state index in [1.54, 1.807) is 25.3 Å². The van der Waals surface area contributed by atoms with Crippen LogP contribution in [0.3, 0.4) is 0 Å². The number of anilines is 1. The highest BCUT2D eigenvalue weighted by Crippen LogP contribution is 2.23. The molecule has 7 heteroatoms. The van der Waals surface area contributed by atoms with Crippen LogP contribution in [-0.2, 0) is 9.53 Å². The first-order chi connectivity index (χ1) is 10.5. The molecule has 0 bridgehead atoms. The average Bonchev–Trinajstić information content (AvgIpc) is 2.81. The number of rotatable bonds is 6. The van der Waals surface area contributed by atoms with E-state index in [0.717, 1.165) is 0 Å². The van der Waals surface area contributed by atoms with Crippen LogP contribution in [0.2, 0.25) is 0 Å². The number of hydrogen-bond donors (Lipinski definition) is 1. The highest BCUT2D eigenvalue weighted by Gasteiger charge is 2.32. The molecular formula is C15H20FN3O3. The van der Waals surface area contributed by atoms with Crippen LogP contribution >= 0.6 is 0 Å². The van der Waals surface area contributed by atoms with E-state index < -0.39 is 5.82 Å². The van der Waals surface area contributed by atoms with Crippen LogP contribution in [0.5, 0.6) is 0 Å². The Balaban J connectivity index is 1.94. The second kappa shape index (κ2) is 7.22. The molecule has 22 heavy (non-hydrogen) atoms. The Morgan fingerprint density at radius 2 is 2.14 bits per heavy atom. The Kier molecular flexibility index (Phi) is 5.32. The number of benzene rings is 1. The summed E-state index contributed by atoms with van der Waals surface area (Å²) in [4.78, 5) is 26.9. The summed E-state index contributed by atoms with van der Waals surface area (Å²) >= 11 is 0. The first-order valence-electron chi connectivity index (χ1n) is 7.12. The van der Waals surface area contributed by atoms with Crippen molar-refractivity contribution in [1.29, 1.82) is 0 Å². The van der Waals surface area contributed by atoms with E-state index >= 15 is 0 Å². The number of ether oxygens (including phenoxy) is 1. The first-order valence-corrected chi connectivity index (χ1v) is 7.12. The fourth-order valence-corrected chi connectivity index (χ4v) is 2.41. The summed E-state index contributed by atoms with van der Waals surface area (Å²) < 4.78 is 18.7. The Morgan fingerprint density at radius 3 is 2.82 bits per heavy atom. The summed E-state index contributed by atoms with van der Waals surface area (Å²) in [6, 6.07) is 5.62. The summed E-state index contributed by atoms with van der Waals surface area (Å²) in [5, 5.41) is 2.74. The molecule has 6 nitrogen and oxygen atoms in total. The van der Waals surface area contributed by atoms with Crippen LogP contribution in [0, 0.1) is 5.82 Å². The molecule has 1 heterocycles. The molecule has 1 aliphatic rings. The minimum atomic E-state index is -0.448. The zero-order chi connectivity index (χ0) is 16.1. The van der Waals surface area contributed by atoms with Gasteiger partial charge in [-0.15, -0.1) is 0 Å². The average molecular weight is 309 g/mol. The molecule has 1 fully saturated rings. The number of para-hydroxylation sites is 1. The number of halogens is 1. The van der Waals surface area contributed by atoms with Gasteiger partial charge in [0.2, 0.25) is 5.91 Å². The van der Waals surface area contributed by atoms with Gasteiger partial charge >= 0.3 is 6.03 Å². The van der Waals surface area contributed by atoms with Crippen molar-refractivity contribution in [3.05, 3.63) is 30.1 Å². The summed E-state index contributed by atoms with van der Waals surface area (Å²) in [5.74, 6) is -0.704. The van der Waals surface area contributed by atoms with Gasteiger partial charge < -0.3 is 15.0 Å². The predicted octanol–water partition coefficient (Wildman–Crippen LogP) is 1.22. The predicted molar refractivity (Wildman–Crippen MR) is 80.2 cm³/mol. The quantitative estimate of drug-likeness (QED) is 0.859. The number of carbonyl (C=O) groups is 2. The van der Waals surface area contributed by atoms with E-state index in [4.69, 9.17) is 4.74 Å². The van der Waals surface area contributed by atoms with Crippen molar-refractivity contribution in [3.8, 4) is 0 Å². The van der Waals surface area contributed by atoms with Gasteiger partial charge in [0.1, 0.15) is 12.4 Å². The molecule has 120 valence electrons. The lowest BCUT2D eigenvalue weighted by Crippen LogP contribution is -2.44. The zero-order valence-electron chi connectivity index (χ0n) is 12.7. The molecule has 1 aromatic rings. The van der Waals surface area contributed by atoms with Gasteiger partial charge in [-0.3, -0.25) is 9.69 Å². The molecule has 0 saturated carbocycles. The van der Waals surface area contributed by atoms with E-state index in [1.165, 1.54) is 15.9 Å². The number of nitrogens with one attached hydrogen (secondary N) is 1. The number of hydrogen-bond acceptors (Lipinski definition) is 3. The number of nitrogens with zero attached hydrogens (tertiary/aromatic N) is 2. The third kappa shape index (κ3) is 3.73. The van der Waals surface area contributed by atoms with Crippen molar-refractivity contribution >= 4 is 17.6 Å². The summed E-state index contributed by atoms with van der Waals surface area (Å²) in [5.41, 5.74) is 0.239. The molecule has 0 aliphatic carbocycles. The van der Waals surface area contributed by atoms with Crippen LogP contribution in [0.1, 0.15) is 6.92 Å². The standard InChI is InChI=1S/C15H20FN3O3/c1-11(10-22-2)17-14(20)9-18-7-8-19(15(18)21)13-6-4-3-5-12(13)16/h3-6,11H,7-10H2,1-2H3,(H,17,20). The minimum absolute atomic E-state index is 0.0438. The van der Waals surface area contributed by atoms with Crippen molar-refractivity contribution in [2.24, 2.45) is 0 Å². The van der Waals surface area contributed by atoms with Gasteiger partial charge in [-0.2, -0.15) is 0 Å². The molecule has 1 unspecified atom stereocenters. The number of urea groups is 1. The lowest BCUT2D eigenvalue weighted by Gasteiger charge is -2.20. The summed E-state index contributed by atoms with van der Waals surface area (Å²) in [7, 11) is 1.55. The topological polar surface area (TPSA) is 61.9 Å². The fourth-order valence-electron chi connectivity index (χ4n) is 2.41. The van der Waals surface area contributed by atoms with Crippen molar-refractivity contribution in [2.45, 2.75) is 13.0 Å². The van der Waals surface area contributed by atoms with Crippen molar-refractivity contribution in [1.82, 2.24) is 10.2 Å². The van der Waals surface area contributed by atoms with E-state index in [1.807, 2.05) is 6.92 Å². The van der Waals surface area contributed by atoms with Crippen LogP contribution in [0.25, 0.3) is 0 Å². The largest absolute Gasteiger partial charge is 0.383 e. The van der Waals surface area contributed by atoms with Crippen LogP contribution in [-0.4, -0.2) is 56.2 Å². The van der Waals surface area contributed by atoms with Gasteiger partial charge in [0.25, 0.3) is 0 Å². The molecule has 1 saturated heterocycles. The van der Waals surface area contributed by atoms with E-state index in [9.17, 15) is 14.0 Å². The third-order valence-corrected chi connectivity index (χ3v) is 3.40. The Hall–Kier alpha value is -2.15. The number of amides is 3. The second-order valence-corrected chi connectivity index (χ2v) is 5.23. The molecule has 1 N–H and O–H groups in total. The third-order valence-electron chi connectivity index (χ3n) is 3.40. The first kappa shape index (κ1) is 16.2. The lowest BCUT2D eigenvalue weighted by atomic mass is 10.3. The molecule has 3 amide bonds. The number of methoxy groups -OCH3 is 1. The SMILES string of the molecule is COCC(C)NC(=O)CN1CCN(c2ccccc2F)C1=O. The van der Waals surface area contributed by atoms with Crippen LogP contribution in [0.4, 0.5) is 14.9 Å². The Labute approximate surface area is 128 Å². The van der Waals surface area contributed by atoms with Crippen molar-refractivity contribution in [2.75, 3.05) is 38.3 Å². The van der Waals surface area contributed by atoms with Crippen molar-refractivity contribution < 1.29 is 18.7 Å². The van der Waals surface area contributed by atoms with Gasteiger partial charge in [-0.05, 0) is 19.1 Å². The summed E-state index contributed by atoms with van der Waals surface area (Å²) in [6.07, 6.45) is 0. The van der Waals surface area contributed by atoms with Gasteiger partial charge in [-0.1, -0.05) is 12.1 Å². The van der Waals surface area contributed by atoms with E-state index in [0.29, 0.717) is 19.7 Å².